The first-order valence-electron chi connectivity index (χ1n) is 9.17. The van der Waals surface area contributed by atoms with Gasteiger partial charge in [0.05, 0.1) is 0 Å². The van der Waals surface area contributed by atoms with Gasteiger partial charge in [-0.2, -0.15) is 4.80 Å². The molecule has 7 nitrogen and oxygen atoms in total. The Bertz CT molecular complexity index is 910. The van der Waals surface area contributed by atoms with Crippen LogP contribution in [0.3, 0.4) is 0 Å². The molecule has 0 bridgehead atoms. The van der Waals surface area contributed by atoms with E-state index in [9.17, 15) is 4.79 Å². The minimum Gasteiger partial charge on any atom is -0.372 e. The number of benzene rings is 2. The molecule has 0 saturated carbocycles. The van der Waals surface area contributed by atoms with E-state index in [0.717, 1.165) is 24.3 Å². The Morgan fingerprint density at radius 1 is 1.04 bits per heavy atom. The van der Waals surface area contributed by atoms with Gasteiger partial charge in [0, 0.05) is 30.0 Å². The van der Waals surface area contributed by atoms with E-state index in [1.807, 2.05) is 55.5 Å². The Kier molecular flexibility index (Phi) is 4.82. The van der Waals surface area contributed by atoms with Crippen LogP contribution < -0.4 is 10.2 Å². The van der Waals surface area contributed by atoms with E-state index in [0.29, 0.717) is 5.82 Å². The van der Waals surface area contributed by atoms with Crippen LogP contribution in [-0.2, 0) is 11.3 Å². The Morgan fingerprint density at radius 2 is 1.74 bits per heavy atom. The third-order valence-corrected chi connectivity index (χ3v) is 4.67. The molecule has 4 rings (SSSR count). The zero-order valence-corrected chi connectivity index (χ0v) is 15.3. The highest BCUT2D eigenvalue weighted by Gasteiger charge is 2.13. The van der Waals surface area contributed by atoms with Gasteiger partial charge in [-0.1, -0.05) is 29.8 Å². The third kappa shape index (κ3) is 4.13. The van der Waals surface area contributed by atoms with Gasteiger partial charge in [-0.05, 0) is 49.2 Å². The molecule has 0 spiro atoms. The molecule has 1 aliphatic heterocycles. The zero-order valence-electron chi connectivity index (χ0n) is 15.3. The fourth-order valence-electron chi connectivity index (χ4n) is 3.19. The Labute approximate surface area is 158 Å². The molecule has 27 heavy (non-hydrogen) atoms. The van der Waals surface area contributed by atoms with Crippen molar-refractivity contribution in [1.82, 2.24) is 20.2 Å². The van der Waals surface area contributed by atoms with E-state index >= 15 is 0 Å². The molecule has 2 heterocycles. The number of nitrogens with one attached hydrogen (secondary N) is 1. The molecule has 1 aromatic heterocycles. The van der Waals surface area contributed by atoms with Crippen LogP contribution in [0.2, 0.25) is 0 Å². The average molecular weight is 362 g/mol. The summed E-state index contributed by atoms with van der Waals surface area (Å²) in [6.07, 6.45) is 2.49. The van der Waals surface area contributed by atoms with Crippen molar-refractivity contribution in [1.29, 1.82) is 0 Å². The van der Waals surface area contributed by atoms with Crippen LogP contribution in [0.5, 0.6) is 0 Å². The summed E-state index contributed by atoms with van der Waals surface area (Å²) >= 11 is 0. The predicted octanol–water partition coefficient (Wildman–Crippen LogP) is 2.89. The number of aryl methyl sites for hydroxylation is 1. The second-order valence-electron chi connectivity index (χ2n) is 6.80. The van der Waals surface area contributed by atoms with Crippen LogP contribution in [0.1, 0.15) is 18.4 Å². The number of nitrogens with zero attached hydrogens (tertiary/aromatic N) is 5. The maximum absolute atomic E-state index is 12.3. The highest BCUT2D eigenvalue weighted by Crippen LogP contribution is 2.22. The van der Waals surface area contributed by atoms with Gasteiger partial charge in [0.1, 0.15) is 6.54 Å². The molecule has 1 aliphatic rings. The molecule has 0 unspecified atom stereocenters. The number of amides is 1. The van der Waals surface area contributed by atoms with Crippen molar-refractivity contribution in [3.63, 3.8) is 0 Å². The first-order valence-corrected chi connectivity index (χ1v) is 9.17. The summed E-state index contributed by atoms with van der Waals surface area (Å²) in [5.74, 6) is 0.328. The lowest BCUT2D eigenvalue weighted by Crippen LogP contribution is -2.21. The molecule has 1 N–H and O–H groups in total. The topological polar surface area (TPSA) is 75.9 Å². The van der Waals surface area contributed by atoms with Crippen molar-refractivity contribution in [2.24, 2.45) is 0 Å². The molecular formula is C20H22N6O. The van der Waals surface area contributed by atoms with Crippen molar-refractivity contribution in [3.05, 3.63) is 54.1 Å². The molecule has 0 atom stereocenters. The van der Waals surface area contributed by atoms with E-state index in [4.69, 9.17) is 0 Å². The van der Waals surface area contributed by atoms with Gasteiger partial charge >= 0.3 is 0 Å². The second-order valence-corrected chi connectivity index (χ2v) is 6.80. The Morgan fingerprint density at radius 3 is 2.44 bits per heavy atom. The van der Waals surface area contributed by atoms with Crippen LogP contribution in [-0.4, -0.2) is 39.2 Å². The molecule has 0 aliphatic carbocycles. The van der Waals surface area contributed by atoms with Crippen molar-refractivity contribution < 1.29 is 4.79 Å². The summed E-state index contributed by atoms with van der Waals surface area (Å²) < 4.78 is 0. The number of carbonyl (C=O) groups is 1. The lowest BCUT2D eigenvalue weighted by atomic mass is 10.1. The molecule has 7 heteroatoms. The maximum atomic E-state index is 12.3. The number of tetrazole rings is 1. The van der Waals surface area contributed by atoms with Crippen LogP contribution in [0.25, 0.3) is 11.4 Å². The summed E-state index contributed by atoms with van der Waals surface area (Å²) in [6.45, 7) is 4.25. The minimum absolute atomic E-state index is 0.0206. The largest absolute Gasteiger partial charge is 0.372 e. The quantitative estimate of drug-likeness (QED) is 0.755. The third-order valence-electron chi connectivity index (χ3n) is 4.67. The zero-order chi connectivity index (χ0) is 18.6. The summed E-state index contributed by atoms with van der Waals surface area (Å²) in [5, 5.41) is 15.2. The van der Waals surface area contributed by atoms with Gasteiger partial charge in [-0.25, -0.2) is 0 Å². The summed E-state index contributed by atoms with van der Waals surface area (Å²) in [5.41, 5.74) is 4.01. The normalized spacial score (nSPS) is 13.7. The highest BCUT2D eigenvalue weighted by molar-refractivity contribution is 5.90. The van der Waals surface area contributed by atoms with E-state index < -0.39 is 0 Å². The molecule has 2 aromatic carbocycles. The molecule has 138 valence electrons. The SMILES string of the molecule is Cc1ccc(-c2nnn(CC(=O)Nc3ccc(N4CCCC4)cc3)n2)cc1. The first-order chi connectivity index (χ1) is 13.2. The average Bonchev–Trinajstić information content (AvgIpc) is 3.35. The van der Waals surface area contributed by atoms with Gasteiger partial charge in [0.2, 0.25) is 11.7 Å². The van der Waals surface area contributed by atoms with Crippen LogP contribution >= 0.6 is 0 Å². The maximum Gasteiger partial charge on any atom is 0.248 e. The smallest absolute Gasteiger partial charge is 0.248 e. The van der Waals surface area contributed by atoms with Crippen LogP contribution in [0.4, 0.5) is 11.4 Å². The Balaban J connectivity index is 1.36. The van der Waals surface area contributed by atoms with Gasteiger partial charge in [-0.3, -0.25) is 4.79 Å². The fourth-order valence-corrected chi connectivity index (χ4v) is 3.19. The number of rotatable bonds is 5. The number of hydrogen-bond acceptors (Lipinski definition) is 5. The van der Waals surface area contributed by atoms with Crippen molar-refractivity contribution in [2.45, 2.75) is 26.3 Å². The standard InChI is InChI=1S/C20H22N6O/c1-15-4-6-16(7-5-15)20-22-24-26(23-20)14-19(27)21-17-8-10-18(11-9-17)25-12-2-3-13-25/h4-11H,2-3,12-14H2,1H3,(H,21,27). The van der Waals surface area contributed by atoms with Crippen LogP contribution in [0.15, 0.2) is 48.5 Å². The highest BCUT2D eigenvalue weighted by atomic mass is 16.2. The van der Waals surface area contributed by atoms with E-state index in [2.05, 4.69) is 25.6 Å². The molecule has 3 aromatic rings. The summed E-state index contributed by atoms with van der Waals surface area (Å²) in [7, 11) is 0. The predicted molar refractivity (Wildman–Crippen MR) is 105 cm³/mol. The minimum atomic E-state index is -0.184. The molecule has 1 amide bonds. The number of carbonyl (C=O) groups excluding carboxylic acids is 1. The van der Waals surface area contributed by atoms with Gasteiger partial charge in [0.15, 0.2) is 0 Å². The molecular weight excluding hydrogens is 340 g/mol. The second kappa shape index (κ2) is 7.57. The lowest BCUT2D eigenvalue weighted by molar-refractivity contribution is -0.117. The summed E-state index contributed by atoms with van der Waals surface area (Å²) in [4.78, 5) is 15.9. The number of aromatic nitrogens is 4. The lowest BCUT2D eigenvalue weighted by Gasteiger charge is -2.17. The van der Waals surface area contributed by atoms with E-state index in [1.54, 1.807) is 0 Å². The van der Waals surface area contributed by atoms with E-state index in [-0.39, 0.29) is 12.5 Å². The van der Waals surface area contributed by atoms with Crippen molar-refractivity contribution in [2.75, 3.05) is 23.3 Å². The monoisotopic (exact) mass is 362 g/mol. The summed E-state index contributed by atoms with van der Waals surface area (Å²) in [6, 6.07) is 15.8. The Hall–Kier alpha value is -3.22. The number of hydrogen-bond donors (Lipinski definition) is 1. The van der Waals surface area contributed by atoms with Gasteiger partial charge in [0.25, 0.3) is 0 Å². The molecule has 1 saturated heterocycles. The van der Waals surface area contributed by atoms with Gasteiger partial charge in [-0.15, -0.1) is 10.2 Å². The van der Waals surface area contributed by atoms with Gasteiger partial charge < -0.3 is 10.2 Å². The van der Waals surface area contributed by atoms with E-state index in [1.165, 1.54) is 28.9 Å². The van der Waals surface area contributed by atoms with Crippen LogP contribution in [0, 0.1) is 6.92 Å². The number of anilines is 2. The molecule has 1 fully saturated rings. The first kappa shape index (κ1) is 17.2. The van der Waals surface area contributed by atoms with Crippen molar-refractivity contribution in [3.8, 4) is 11.4 Å². The molecule has 0 radical (unpaired) electrons. The fraction of sp³-hybridized carbons (Fsp3) is 0.300. The van der Waals surface area contributed by atoms with Crippen molar-refractivity contribution >= 4 is 17.3 Å².